The molecular weight excluding hydrogens is 422 g/mol. The zero-order valence-electron chi connectivity index (χ0n) is 18.3. The van der Waals surface area contributed by atoms with Crippen molar-refractivity contribution in [2.75, 3.05) is 17.2 Å². The van der Waals surface area contributed by atoms with Crippen LogP contribution in [0.15, 0.2) is 53.9 Å². The third-order valence-electron chi connectivity index (χ3n) is 5.14. The largest absolute Gasteiger partial charge is 0.481 e. The van der Waals surface area contributed by atoms with Gasteiger partial charge in [0.25, 0.3) is 0 Å². The van der Waals surface area contributed by atoms with Crippen molar-refractivity contribution in [3.05, 3.63) is 76.3 Å². The highest BCUT2D eigenvalue weighted by molar-refractivity contribution is 7.13. The van der Waals surface area contributed by atoms with Gasteiger partial charge < -0.3 is 15.7 Å². The molecule has 2 aromatic carbocycles. The van der Waals surface area contributed by atoms with Crippen molar-refractivity contribution in [2.24, 2.45) is 0 Å². The second-order valence-corrected chi connectivity index (χ2v) is 8.51. The number of unbranched alkanes of at least 4 members (excludes halogenated alkanes) is 2. The molecule has 32 heavy (non-hydrogen) atoms. The highest BCUT2D eigenvalue weighted by Gasteiger charge is 2.09. The van der Waals surface area contributed by atoms with Crippen molar-refractivity contribution in [2.45, 2.75) is 45.6 Å². The van der Waals surface area contributed by atoms with Gasteiger partial charge in [0.15, 0.2) is 10.9 Å². The normalized spacial score (nSPS) is 10.7. The summed E-state index contributed by atoms with van der Waals surface area (Å²) in [7, 11) is 0. The van der Waals surface area contributed by atoms with Gasteiger partial charge >= 0.3 is 5.97 Å². The number of aliphatic carboxylic acids is 1. The first-order chi connectivity index (χ1) is 15.5. The topological polar surface area (TPSA) is 91.3 Å². The average molecular weight is 452 g/mol. The number of carboxylic acids is 1. The smallest absolute Gasteiger partial charge is 0.309 e. The number of thiazole rings is 1. The van der Waals surface area contributed by atoms with Crippen molar-refractivity contribution >= 4 is 33.9 Å². The maximum Gasteiger partial charge on any atom is 0.309 e. The van der Waals surface area contributed by atoms with Gasteiger partial charge in [-0.3, -0.25) is 9.59 Å². The van der Waals surface area contributed by atoms with Crippen LogP contribution < -0.4 is 10.6 Å². The number of carboxylic acid groups (broad SMARTS) is 1. The van der Waals surface area contributed by atoms with Crippen LogP contribution in [0.4, 0.5) is 10.8 Å². The van der Waals surface area contributed by atoms with Crippen LogP contribution in [0.3, 0.4) is 0 Å². The molecule has 1 heterocycles. The summed E-state index contributed by atoms with van der Waals surface area (Å²) in [6.45, 7) is 3.08. The second kappa shape index (κ2) is 12.0. The molecule has 0 unspecified atom stereocenters. The molecule has 0 saturated carbocycles. The summed E-state index contributed by atoms with van der Waals surface area (Å²) >= 11 is 1.29. The van der Waals surface area contributed by atoms with E-state index in [1.165, 1.54) is 41.7 Å². The highest BCUT2D eigenvalue weighted by Crippen LogP contribution is 2.18. The quantitative estimate of drug-likeness (QED) is 0.238. The van der Waals surface area contributed by atoms with Crippen molar-refractivity contribution in [3.63, 3.8) is 0 Å². The number of nitrogens with zero attached hydrogens (tertiary/aromatic N) is 1. The molecule has 0 atom stereocenters. The van der Waals surface area contributed by atoms with Gasteiger partial charge in [0, 0.05) is 23.2 Å². The number of Topliss-reactive ketones (excluding diaryl/α,β-unsaturated/α-hetero) is 1. The molecule has 0 spiro atoms. The molecule has 0 amide bonds. The zero-order valence-corrected chi connectivity index (χ0v) is 19.1. The molecule has 1 aromatic heterocycles. The Morgan fingerprint density at radius 2 is 1.75 bits per heavy atom. The molecule has 6 nitrogen and oxygen atoms in total. The van der Waals surface area contributed by atoms with E-state index in [4.69, 9.17) is 5.11 Å². The van der Waals surface area contributed by atoms with Crippen LogP contribution in [0, 0.1) is 0 Å². The number of carbonyl (C=O) groups excluding carboxylic acids is 1. The Morgan fingerprint density at radius 1 is 1.00 bits per heavy atom. The van der Waals surface area contributed by atoms with E-state index in [0.29, 0.717) is 16.4 Å². The molecule has 0 bridgehead atoms. The van der Waals surface area contributed by atoms with E-state index in [9.17, 15) is 9.59 Å². The first kappa shape index (κ1) is 23.5. The summed E-state index contributed by atoms with van der Waals surface area (Å²) in [6.07, 6.45) is 4.65. The van der Waals surface area contributed by atoms with Crippen molar-refractivity contribution in [1.82, 2.24) is 4.98 Å². The molecule has 3 aromatic rings. The fourth-order valence-corrected chi connectivity index (χ4v) is 4.10. The molecule has 0 aliphatic heterocycles. The third kappa shape index (κ3) is 7.20. The Balaban J connectivity index is 1.50. The van der Waals surface area contributed by atoms with Gasteiger partial charge in [-0.05, 0) is 48.2 Å². The predicted octanol–water partition coefficient (Wildman–Crippen LogP) is 5.41. The lowest BCUT2D eigenvalue weighted by atomic mass is 10.0. The van der Waals surface area contributed by atoms with Crippen molar-refractivity contribution < 1.29 is 14.7 Å². The second-order valence-electron chi connectivity index (χ2n) is 7.65. The Kier molecular flexibility index (Phi) is 8.80. The minimum atomic E-state index is -0.924. The van der Waals surface area contributed by atoms with Crippen LogP contribution in [-0.2, 0) is 24.2 Å². The van der Waals surface area contributed by atoms with E-state index in [-0.39, 0.29) is 18.7 Å². The molecule has 0 aliphatic rings. The standard InChI is InChI=1S/C25H29N3O3S/c1-2-3-4-7-18-8-5-6-9-20(18)15-26-21-12-10-19(11-13-21)23(29)16-27-25-28-22(17-32-25)14-24(30)31/h5-6,8-13,17,26H,2-4,7,14-16H2,1H3,(H,27,28)(H,30,31). The van der Waals surface area contributed by atoms with E-state index >= 15 is 0 Å². The number of rotatable bonds is 13. The number of hydrogen-bond donors (Lipinski definition) is 3. The predicted molar refractivity (Wildman–Crippen MR) is 130 cm³/mol. The Hall–Kier alpha value is -3.19. The lowest BCUT2D eigenvalue weighted by Crippen LogP contribution is -2.14. The molecule has 0 fully saturated rings. The van der Waals surface area contributed by atoms with Crippen molar-refractivity contribution in [3.8, 4) is 0 Å². The maximum absolute atomic E-state index is 12.5. The van der Waals surface area contributed by atoms with Gasteiger partial charge in [0.2, 0.25) is 0 Å². The summed E-state index contributed by atoms with van der Waals surface area (Å²) in [5, 5.41) is 17.5. The molecule has 0 aliphatic carbocycles. The van der Waals surface area contributed by atoms with E-state index in [1.807, 2.05) is 24.3 Å². The lowest BCUT2D eigenvalue weighted by molar-refractivity contribution is -0.136. The van der Waals surface area contributed by atoms with Crippen LogP contribution >= 0.6 is 11.3 Å². The van der Waals surface area contributed by atoms with E-state index in [1.54, 1.807) is 5.38 Å². The molecule has 7 heteroatoms. The van der Waals surface area contributed by atoms with Gasteiger partial charge in [0.1, 0.15) is 0 Å². The molecule has 3 N–H and O–H groups in total. The summed E-state index contributed by atoms with van der Waals surface area (Å²) in [6, 6.07) is 16.0. The Labute approximate surface area is 192 Å². The number of aryl methyl sites for hydroxylation is 1. The SMILES string of the molecule is CCCCCc1ccccc1CNc1ccc(C(=O)CNc2nc(CC(=O)O)cs2)cc1. The number of anilines is 2. The highest BCUT2D eigenvalue weighted by atomic mass is 32.1. The minimum absolute atomic E-state index is 0.0483. The van der Waals surface area contributed by atoms with Crippen LogP contribution in [-0.4, -0.2) is 28.4 Å². The van der Waals surface area contributed by atoms with E-state index < -0.39 is 5.97 Å². The zero-order chi connectivity index (χ0) is 22.8. The van der Waals surface area contributed by atoms with Crippen LogP contribution in [0.2, 0.25) is 0 Å². The van der Waals surface area contributed by atoms with Gasteiger partial charge in [-0.2, -0.15) is 0 Å². The minimum Gasteiger partial charge on any atom is -0.481 e. The molecule has 3 rings (SSSR count). The summed E-state index contributed by atoms with van der Waals surface area (Å²) in [4.78, 5) is 27.4. The molecule has 0 radical (unpaired) electrons. The first-order valence-electron chi connectivity index (χ1n) is 10.9. The number of ketones is 1. The Bertz CT molecular complexity index is 1030. The maximum atomic E-state index is 12.5. The van der Waals surface area contributed by atoms with Gasteiger partial charge in [0.05, 0.1) is 18.7 Å². The van der Waals surface area contributed by atoms with Gasteiger partial charge in [-0.1, -0.05) is 44.0 Å². The lowest BCUT2D eigenvalue weighted by Gasteiger charge is -2.12. The van der Waals surface area contributed by atoms with Crippen LogP contribution in [0.1, 0.15) is 53.4 Å². The monoisotopic (exact) mass is 451 g/mol. The van der Waals surface area contributed by atoms with Gasteiger partial charge in [-0.15, -0.1) is 11.3 Å². The van der Waals surface area contributed by atoms with Gasteiger partial charge in [-0.25, -0.2) is 4.98 Å². The van der Waals surface area contributed by atoms with E-state index in [0.717, 1.165) is 18.7 Å². The summed E-state index contributed by atoms with van der Waals surface area (Å²) < 4.78 is 0. The molecule has 0 saturated heterocycles. The summed E-state index contributed by atoms with van der Waals surface area (Å²) in [5.41, 5.74) is 4.76. The fourth-order valence-electron chi connectivity index (χ4n) is 3.39. The number of nitrogens with one attached hydrogen (secondary N) is 2. The number of carbonyl (C=O) groups is 2. The first-order valence-corrected chi connectivity index (χ1v) is 11.8. The number of hydrogen-bond acceptors (Lipinski definition) is 6. The molecular formula is C25H29N3O3S. The van der Waals surface area contributed by atoms with E-state index in [2.05, 4.69) is 46.8 Å². The van der Waals surface area contributed by atoms with Crippen molar-refractivity contribution in [1.29, 1.82) is 0 Å². The van der Waals surface area contributed by atoms with Crippen LogP contribution in [0.25, 0.3) is 0 Å². The summed E-state index contributed by atoms with van der Waals surface area (Å²) in [5.74, 6) is -0.973. The number of benzene rings is 2. The number of aromatic nitrogens is 1. The molecule has 168 valence electrons. The third-order valence-corrected chi connectivity index (χ3v) is 5.99. The average Bonchev–Trinajstić information content (AvgIpc) is 3.24. The fraction of sp³-hybridized carbons (Fsp3) is 0.320. The Morgan fingerprint density at radius 3 is 2.47 bits per heavy atom. The van der Waals surface area contributed by atoms with Crippen LogP contribution in [0.5, 0.6) is 0 Å².